The van der Waals surface area contributed by atoms with Gasteiger partial charge in [-0.05, 0) is 18.1 Å². The van der Waals surface area contributed by atoms with Crippen LogP contribution in [0.4, 0.5) is 0 Å². The minimum atomic E-state index is 0.911. The summed E-state index contributed by atoms with van der Waals surface area (Å²) in [6.45, 7) is 2.15. The van der Waals surface area contributed by atoms with Gasteiger partial charge in [0.2, 0.25) is 0 Å². The topological polar surface area (TPSA) is 0 Å². The number of hydrogen-bond donors (Lipinski definition) is 0. The molecule has 1 radical (unpaired) electrons. The molecule has 55 valence electrons. The standard InChI is InChI=1S/C11H11/c1-3-7-11-9-6-5-8-10(11)4-2/h2,5-6,9H,3,7H2,1H3. The van der Waals surface area contributed by atoms with E-state index < -0.39 is 0 Å². The molecule has 0 heteroatoms. The summed E-state index contributed by atoms with van der Waals surface area (Å²) in [5.41, 5.74) is 2.15. The van der Waals surface area contributed by atoms with Crippen LogP contribution in [0.15, 0.2) is 18.2 Å². The lowest BCUT2D eigenvalue weighted by molar-refractivity contribution is 0.918. The van der Waals surface area contributed by atoms with Crippen molar-refractivity contribution in [2.45, 2.75) is 19.8 Å². The molecule has 0 aliphatic heterocycles. The molecule has 1 aromatic rings. The molecule has 0 spiro atoms. The van der Waals surface area contributed by atoms with E-state index in [1.54, 1.807) is 0 Å². The van der Waals surface area contributed by atoms with Crippen LogP contribution in [0.1, 0.15) is 24.5 Å². The first-order chi connectivity index (χ1) is 5.38. The van der Waals surface area contributed by atoms with Crippen molar-refractivity contribution in [3.8, 4) is 12.3 Å². The van der Waals surface area contributed by atoms with E-state index in [2.05, 4.69) is 25.0 Å². The molecule has 0 N–H and O–H groups in total. The van der Waals surface area contributed by atoms with E-state index in [-0.39, 0.29) is 0 Å². The van der Waals surface area contributed by atoms with Gasteiger partial charge in [0.05, 0.1) is 0 Å². The molecule has 0 aromatic heterocycles. The van der Waals surface area contributed by atoms with Crippen LogP contribution in [-0.4, -0.2) is 0 Å². The van der Waals surface area contributed by atoms with Crippen molar-refractivity contribution in [1.29, 1.82) is 0 Å². The highest BCUT2D eigenvalue weighted by atomic mass is 14.0. The van der Waals surface area contributed by atoms with Crippen LogP contribution in [-0.2, 0) is 6.42 Å². The Bertz CT molecular complexity index is 266. The molecule has 1 aromatic carbocycles. The van der Waals surface area contributed by atoms with Gasteiger partial charge in [-0.2, -0.15) is 0 Å². The van der Waals surface area contributed by atoms with E-state index in [0.29, 0.717) is 0 Å². The Morgan fingerprint density at radius 3 is 3.09 bits per heavy atom. The second-order valence-corrected chi connectivity index (χ2v) is 2.46. The van der Waals surface area contributed by atoms with Crippen molar-refractivity contribution < 1.29 is 0 Å². The van der Waals surface area contributed by atoms with Gasteiger partial charge in [0.25, 0.3) is 0 Å². The van der Waals surface area contributed by atoms with Crippen LogP contribution >= 0.6 is 0 Å². The van der Waals surface area contributed by atoms with Gasteiger partial charge in [0.15, 0.2) is 0 Å². The predicted molar refractivity (Wildman–Crippen MR) is 47.2 cm³/mol. The van der Waals surface area contributed by atoms with Gasteiger partial charge in [0.1, 0.15) is 0 Å². The van der Waals surface area contributed by atoms with Crippen molar-refractivity contribution in [2.24, 2.45) is 0 Å². The molecule has 0 saturated carbocycles. The Hall–Kier alpha value is -1.22. The summed E-state index contributed by atoms with van der Waals surface area (Å²) in [4.78, 5) is 0. The van der Waals surface area contributed by atoms with Gasteiger partial charge in [-0.1, -0.05) is 37.5 Å². The van der Waals surface area contributed by atoms with E-state index in [9.17, 15) is 0 Å². The van der Waals surface area contributed by atoms with Crippen molar-refractivity contribution in [1.82, 2.24) is 0 Å². The van der Waals surface area contributed by atoms with Crippen molar-refractivity contribution >= 4 is 0 Å². The predicted octanol–water partition coefficient (Wildman–Crippen LogP) is 2.42. The van der Waals surface area contributed by atoms with Gasteiger partial charge < -0.3 is 0 Å². The van der Waals surface area contributed by atoms with Gasteiger partial charge in [-0.25, -0.2) is 0 Å². The van der Waals surface area contributed by atoms with E-state index in [0.717, 1.165) is 18.4 Å². The summed E-state index contributed by atoms with van der Waals surface area (Å²) < 4.78 is 0. The molecule has 0 heterocycles. The Balaban J connectivity index is 2.95. The normalized spacial score (nSPS) is 9.09. The van der Waals surface area contributed by atoms with Crippen LogP contribution in [0.2, 0.25) is 0 Å². The molecular weight excluding hydrogens is 132 g/mol. The van der Waals surface area contributed by atoms with Gasteiger partial charge in [-0.15, -0.1) is 6.42 Å². The fourth-order valence-corrected chi connectivity index (χ4v) is 1.08. The Kier molecular flexibility index (Phi) is 2.74. The monoisotopic (exact) mass is 143 g/mol. The molecule has 0 nitrogen and oxygen atoms in total. The van der Waals surface area contributed by atoms with Gasteiger partial charge in [-0.3, -0.25) is 0 Å². The Morgan fingerprint density at radius 2 is 2.45 bits per heavy atom. The molecule has 0 fully saturated rings. The Labute approximate surface area is 68.3 Å². The summed E-state index contributed by atoms with van der Waals surface area (Å²) in [5.74, 6) is 2.62. The zero-order valence-electron chi connectivity index (χ0n) is 6.72. The smallest absolute Gasteiger partial charge is 0.0353 e. The Morgan fingerprint density at radius 1 is 1.64 bits per heavy atom. The maximum absolute atomic E-state index is 5.30. The fourth-order valence-electron chi connectivity index (χ4n) is 1.08. The maximum Gasteiger partial charge on any atom is 0.0353 e. The summed E-state index contributed by atoms with van der Waals surface area (Å²) >= 11 is 0. The largest absolute Gasteiger partial charge is 0.115 e. The van der Waals surface area contributed by atoms with Crippen molar-refractivity contribution in [2.75, 3.05) is 0 Å². The highest BCUT2D eigenvalue weighted by molar-refractivity contribution is 5.38. The molecule has 0 bridgehead atoms. The summed E-state index contributed by atoms with van der Waals surface area (Å²) in [6, 6.07) is 8.93. The molecule has 0 atom stereocenters. The molecule has 0 aliphatic carbocycles. The first-order valence-electron chi connectivity index (χ1n) is 3.84. The minimum absolute atomic E-state index is 0.911. The second kappa shape index (κ2) is 3.83. The molecule has 11 heavy (non-hydrogen) atoms. The third kappa shape index (κ3) is 1.85. The van der Waals surface area contributed by atoms with Crippen LogP contribution in [0.25, 0.3) is 0 Å². The van der Waals surface area contributed by atoms with Gasteiger partial charge in [0, 0.05) is 5.56 Å². The number of aryl methyl sites for hydroxylation is 1. The zero-order valence-corrected chi connectivity index (χ0v) is 6.72. The third-order valence-electron chi connectivity index (χ3n) is 1.61. The van der Waals surface area contributed by atoms with Gasteiger partial charge >= 0.3 is 0 Å². The summed E-state index contributed by atoms with van der Waals surface area (Å²) in [7, 11) is 0. The molecular formula is C11H11. The number of terminal acetylenes is 1. The van der Waals surface area contributed by atoms with Crippen molar-refractivity contribution in [3.05, 3.63) is 35.4 Å². The summed E-state index contributed by atoms with van der Waals surface area (Å²) in [5, 5.41) is 0. The fraction of sp³-hybridized carbons (Fsp3) is 0.273. The third-order valence-corrected chi connectivity index (χ3v) is 1.61. The van der Waals surface area contributed by atoms with E-state index in [1.165, 1.54) is 5.56 Å². The van der Waals surface area contributed by atoms with Crippen LogP contribution in [0.3, 0.4) is 0 Å². The zero-order chi connectivity index (χ0) is 8.10. The lowest BCUT2D eigenvalue weighted by Gasteiger charge is -1.99. The molecule has 0 saturated heterocycles. The highest BCUT2D eigenvalue weighted by Gasteiger charge is 1.95. The number of rotatable bonds is 2. The second-order valence-electron chi connectivity index (χ2n) is 2.46. The van der Waals surface area contributed by atoms with Crippen LogP contribution in [0.5, 0.6) is 0 Å². The molecule has 1 rings (SSSR count). The minimum Gasteiger partial charge on any atom is -0.115 e. The maximum atomic E-state index is 5.30. The van der Waals surface area contributed by atoms with Crippen molar-refractivity contribution in [3.63, 3.8) is 0 Å². The first kappa shape index (κ1) is 7.88. The molecule has 0 aliphatic rings. The SMILES string of the molecule is C#Cc1[c]cccc1CCC. The van der Waals surface area contributed by atoms with Crippen LogP contribution < -0.4 is 0 Å². The summed E-state index contributed by atoms with van der Waals surface area (Å²) in [6.07, 6.45) is 7.48. The molecule has 0 amide bonds. The van der Waals surface area contributed by atoms with E-state index in [4.69, 9.17) is 6.42 Å². The first-order valence-corrected chi connectivity index (χ1v) is 3.84. The molecule has 0 unspecified atom stereocenters. The van der Waals surface area contributed by atoms with E-state index in [1.807, 2.05) is 12.1 Å². The quantitative estimate of drug-likeness (QED) is 0.558. The average molecular weight is 143 g/mol. The number of hydrogen-bond acceptors (Lipinski definition) is 0. The lowest BCUT2D eigenvalue weighted by atomic mass is 10.0. The highest BCUT2D eigenvalue weighted by Crippen LogP contribution is 2.08. The van der Waals surface area contributed by atoms with E-state index >= 15 is 0 Å². The lowest BCUT2D eigenvalue weighted by Crippen LogP contribution is -1.87. The van der Waals surface area contributed by atoms with Crippen LogP contribution in [0, 0.1) is 18.4 Å². The number of benzene rings is 1. The average Bonchev–Trinajstić information content (AvgIpc) is 2.06.